The summed E-state index contributed by atoms with van der Waals surface area (Å²) in [5.74, 6) is 1.81. The fourth-order valence-corrected chi connectivity index (χ4v) is 3.61. The molecule has 3 N–H and O–H groups in total. The summed E-state index contributed by atoms with van der Waals surface area (Å²) >= 11 is 0. The number of carbonyl (C=O) groups excluding carboxylic acids is 1. The lowest BCUT2D eigenvalue weighted by molar-refractivity contribution is -0.111. The minimum Gasteiger partial charge on any atom is -0.323 e. The van der Waals surface area contributed by atoms with Crippen LogP contribution in [0.5, 0.6) is 0 Å². The summed E-state index contributed by atoms with van der Waals surface area (Å²) in [5, 5.41) is 10.0. The zero-order valence-electron chi connectivity index (χ0n) is 16.3. The number of hydrogen-bond acceptors (Lipinski definition) is 5. The number of benzene rings is 2. The Morgan fingerprint density at radius 1 is 1.10 bits per heavy atom. The standard InChI is InChI=1S/C21H21N5O3S/c1-22-30(28,29)18-11-2-14(3-12-18)4-13-19(27)23-17-9-7-16(8-10-17)21-24-20(25-26-21)15-5-6-15/h2-4,7-13,15,22H,5-6H2,1H3,(H,23,27)(H,24,25,26)/b13-4+. The number of nitrogens with zero attached hydrogens (tertiary/aromatic N) is 2. The van der Waals surface area contributed by atoms with Gasteiger partial charge in [0, 0.05) is 23.2 Å². The number of H-pyrrole nitrogens is 1. The van der Waals surface area contributed by atoms with Crippen LogP contribution < -0.4 is 10.0 Å². The van der Waals surface area contributed by atoms with E-state index in [4.69, 9.17) is 0 Å². The van der Waals surface area contributed by atoms with Crippen molar-refractivity contribution in [3.05, 3.63) is 66.0 Å². The molecule has 0 aliphatic heterocycles. The molecule has 1 fully saturated rings. The predicted octanol–water partition coefficient (Wildman–Crippen LogP) is 2.91. The second kappa shape index (κ2) is 8.21. The highest BCUT2D eigenvalue weighted by Crippen LogP contribution is 2.38. The first-order valence-corrected chi connectivity index (χ1v) is 11.0. The van der Waals surface area contributed by atoms with Gasteiger partial charge in [0.1, 0.15) is 5.82 Å². The first-order valence-electron chi connectivity index (χ1n) is 9.50. The lowest BCUT2D eigenvalue weighted by Gasteiger charge is -2.04. The number of hydrogen-bond donors (Lipinski definition) is 3. The molecular weight excluding hydrogens is 402 g/mol. The van der Waals surface area contributed by atoms with Gasteiger partial charge in [-0.3, -0.25) is 9.89 Å². The van der Waals surface area contributed by atoms with Gasteiger partial charge in [0.05, 0.1) is 4.90 Å². The molecule has 1 aliphatic carbocycles. The largest absolute Gasteiger partial charge is 0.323 e. The van der Waals surface area contributed by atoms with Crippen LogP contribution in [-0.4, -0.2) is 36.6 Å². The molecule has 9 heteroatoms. The van der Waals surface area contributed by atoms with Crippen LogP contribution in [0.1, 0.15) is 30.1 Å². The summed E-state index contributed by atoms with van der Waals surface area (Å²) in [7, 11) is -2.12. The Morgan fingerprint density at radius 3 is 2.43 bits per heavy atom. The van der Waals surface area contributed by atoms with Crippen molar-refractivity contribution < 1.29 is 13.2 Å². The van der Waals surface area contributed by atoms with E-state index in [9.17, 15) is 13.2 Å². The highest BCUT2D eigenvalue weighted by atomic mass is 32.2. The predicted molar refractivity (Wildman–Crippen MR) is 114 cm³/mol. The third-order valence-corrected chi connectivity index (χ3v) is 6.19. The van der Waals surface area contributed by atoms with Crippen molar-refractivity contribution in [1.82, 2.24) is 19.9 Å². The van der Waals surface area contributed by atoms with Crippen LogP contribution in [0.4, 0.5) is 5.69 Å². The molecule has 30 heavy (non-hydrogen) atoms. The van der Waals surface area contributed by atoms with Crippen LogP contribution in [-0.2, 0) is 14.8 Å². The smallest absolute Gasteiger partial charge is 0.248 e. The molecule has 0 spiro atoms. The first-order chi connectivity index (χ1) is 14.4. The molecule has 1 aromatic heterocycles. The van der Waals surface area contributed by atoms with Crippen LogP contribution in [0, 0.1) is 0 Å². The molecule has 1 heterocycles. The molecule has 1 aliphatic rings. The summed E-state index contributed by atoms with van der Waals surface area (Å²) in [5.41, 5.74) is 2.25. The summed E-state index contributed by atoms with van der Waals surface area (Å²) in [4.78, 5) is 16.8. The Labute approximate surface area is 174 Å². The average Bonchev–Trinajstić information content (AvgIpc) is 3.50. The van der Waals surface area contributed by atoms with Crippen molar-refractivity contribution in [2.75, 3.05) is 12.4 Å². The van der Waals surface area contributed by atoms with Gasteiger partial charge in [-0.2, -0.15) is 5.10 Å². The molecule has 0 saturated heterocycles. The highest BCUT2D eigenvalue weighted by molar-refractivity contribution is 7.89. The molecule has 1 amide bonds. The fraction of sp³-hybridized carbons (Fsp3) is 0.190. The monoisotopic (exact) mass is 423 g/mol. The van der Waals surface area contributed by atoms with Gasteiger partial charge in [0.25, 0.3) is 0 Å². The number of anilines is 1. The third-order valence-electron chi connectivity index (χ3n) is 4.76. The summed E-state index contributed by atoms with van der Waals surface area (Å²) in [6.07, 6.45) is 5.33. The molecule has 154 valence electrons. The maximum Gasteiger partial charge on any atom is 0.248 e. The minimum atomic E-state index is -3.47. The highest BCUT2D eigenvalue weighted by Gasteiger charge is 2.27. The molecule has 3 aromatic rings. The number of aromatic amines is 1. The van der Waals surface area contributed by atoms with Gasteiger partial charge >= 0.3 is 0 Å². The van der Waals surface area contributed by atoms with Gasteiger partial charge in [-0.15, -0.1) is 0 Å². The molecule has 0 radical (unpaired) electrons. The van der Waals surface area contributed by atoms with Crippen LogP contribution in [0.15, 0.2) is 59.5 Å². The molecular formula is C21H21N5O3S. The zero-order valence-corrected chi connectivity index (χ0v) is 17.1. The van der Waals surface area contributed by atoms with E-state index in [1.165, 1.54) is 25.3 Å². The van der Waals surface area contributed by atoms with Crippen molar-refractivity contribution >= 4 is 27.7 Å². The van der Waals surface area contributed by atoms with Crippen LogP contribution >= 0.6 is 0 Å². The van der Waals surface area contributed by atoms with Crippen LogP contribution in [0.2, 0.25) is 0 Å². The zero-order chi connectivity index (χ0) is 21.1. The van der Waals surface area contributed by atoms with E-state index < -0.39 is 10.0 Å². The van der Waals surface area contributed by atoms with E-state index in [0.29, 0.717) is 23.0 Å². The quantitative estimate of drug-likeness (QED) is 0.505. The topological polar surface area (TPSA) is 117 Å². The van der Waals surface area contributed by atoms with E-state index in [-0.39, 0.29) is 10.8 Å². The third kappa shape index (κ3) is 4.64. The molecule has 0 bridgehead atoms. The van der Waals surface area contributed by atoms with Crippen LogP contribution in [0.25, 0.3) is 17.5 Å². The van der Waals surface area contributed by atoms with Gasteiger partial charge in [-0.05, 0) is 67.9 Å². The van der Waals surface area contributed by atoms with Crippen molar-refractivity contribution in [3.8, 4) is 11.4 Å². The number of rotatable bonds is 7. The Balaban J connectivity index is 1.36. The van der Waals surface area contributed by atoms with Crippen molar-refractivity contribution in [3.63, 3.8) is 0 Å². The Kier molecular flexibility index (Phi) is 5.47. The van der Waals surface area contributed by atoms with E-state index in [0.717, 1.165) is 24.2 Å². The lowest BCUT2D eigenvalue weighted by atomic mass is 10.2. The number of amides is 1. The maximum atomic E-state index is 12.2. The number of aromatic nitrogens is 3. The second-order valence-electron chi connectivity index (χ2n) is 7.00. The van der Waals surface area contributed by atoms with Gasteiger partial charge in [-0.1, -0.05) is 12.1 Å². The van der Waals surface area contributed by atoms with Crippen molar-refractivity contribution in [2.24, 2.45) is 0 Å². The van der Waals surface area contributed by atoms with E-state index in [2.05, 4.69) is 25.2 Å². The van der Waals surface area contributed by atoms with Crippen molar-refractivity contribution in [2.45, 2.75) is 23.7 Å². The Bertz CT molecular complexity index is 1180. The number of nitrogens with one attached hydrogen (secondary N) is 3. The molecule has 4 rings (SSSR count). The Hall–Kier alpha value is -3.30. The first kappa shape index (κ1) is 20.0. The summed E-state index contributed by atoms with van der Waals surface area (Å²) in [6.45, 7) is 0. The lowest BCUT2D eigenvalue weighted by Crippen LogP contribution is -2.18. The normalized spacial score (nSPS) is 14.2. The van der Waals surface area contributed by atoms with E-state index >= 15 is 0 Å². The fourth-order valence-electron chi connectivity index (χ4n) is 2.88. The Morgan fingerprint density at radius 2 is 1.80 bits per heavy atom. The molecule has 8 nitrogen and oxygen atoms in total. The average molecular weight is 423 g/mol. The number of carbonyl (C=O) groups is 1. The van der Waals surface area contributed by atoms with Gasteiger partial charge in [0.15, 0.2) is 5.82 Å². The molecule has 1 saturated carbocycles. The van der Waals surface area contributed by atoms with E-state index in [1.54, 1.807) is 30.3 Å². The minimum absolute atomic E-state index is 0.169. The SMILES string of the molecule is CNS(=O)(=O)c1ccc(/C=C/C(=O)Nc2ccc(-c3n[nH]c(C4CC4)n3)cc2)cc1. The van der Waals surface area contributed by atoms with Gasteiger partial charge in [0.2, 0.25) is 15.9 Å². The maximum absolute atomic E-state index is 12.2. The summed E-state index contributed by atoms with van der Waals surface area (Å²) in [6, 6.07) is 13.6. The van der Waals surface area contributed by atoms with Crippen LogP contribution in [0.3, 0.4) is 0 Å². The van der Waals surface area contributed by atoms with Gasteiger partial charge < -0.3 is 5.32 Å². The second-order valence-corrected chi connectivity index (χ2v) is 8.88. The molecule has 2 aromatic carbocycles. The van der Waals surface area contributed by atoms with Crippen molar-refractivity contribution in [1.29, 1.82) is 0 Å². The summed E-state index contributed by atoms with van der Waals surface area (Å²) < 4.78 is 25.7. The number of sulfonamides is 1. The van der Waals surface area contributed by atoms with E-state index in [1.807, 2.05) is 12.1 Å². The molecule has 0 atom stereocenters. The molecule has 0 unspecified atom stereocenters. The van der Waals surface area contributed by atoms with Gasteiger partial charge in [-0.25, -0.2) is 18.1 Å².